The van der Waals surface area contributed by atoms with Gasteiger partial charge in [-0.25, -0.2) is 13.8 Å². The molecular weight excluding hydrogens is 432 g/mol. The minimum Gasteiger partial charge on any atom is -0.473 e. The Morgan fingerprint density at radius 2 is 2.00 bits per heavy atom. The minimum atomic E-state index is -0.664. The average molecular weight is 452 g/mol. The highest BCUT2D eigenvalue weighted by molar-refractivity contribution is 9.10. The Balaban J connectivity index is 1.42. The summed E-state index contributed by atoms with van der Waals surface area (Å²) >= 11 is 3.04. The molecule has 3 unspecified atom stereocenters. The first-order chi connectivity index (χ1) is 13.1. The first kappa shape index (κ1) is 19.3. The molecule has 1 aromatic heterocycles. The molecule has 3 atom stereocenters. The molecule has 4 rings (SSSR count). The van der Waals surface area contributed by atoms with E-state index in [0.29, 0.717) is 5.88 Å². The predicted molar refractivity (Wildman–Crippen MR) is 102 cm³/mol. The summed E-state index contributed by atoms with van der Waals surface area (Å²) in [4.78, 5) is 16.6. The first-order valence-electron chi connectivity index (χ1n) is 9.12. The van der Waals surface area contributed by atoms with Gasteiger partial charge in [-0.05, 0) is 66.2 Å². The summed E-state index contributed by atoms with van der Waals surface area (Å²) in [7, 11) is 0. The smallest absolute Gasteiger partial charge is 0.310 e. The number of nitrogens with zero attached hydrogens (tertiary/aromatic N) is 1. The van der Waals surface area contributed by atoms with E-state index in [1.807, 2.05) is 26.8 Å². The second-order valence-corrected chi connectivity index (χ2v) is 9.18. The van der Waals surface area contributed by atoms with E-state index in [1.54, 1.807) is 6.20 Å². The van der Waals surface area contributed by atoms with Gasteiger partial charge in [0.2, 0.25) is 5.88 Å². The number of ether oxygens (including phenoxy) is 2. The molecule has 1 aromatic carbocycles. The van der Waals surface area contributed by atoms with E-state index in [2.05, 4.69) is 20.9 Å². The number of pyridine rings is 1. The van der Waals surface area contributed by atoms with Gasteiger partial charge >= 0.3 is 5.97 Å². The molecule has 0 amide bonds. The first-order valence-corrected chi connectivity index (χ1v) is 9.91. The van der Waals surface area contributed by atoms with Crippen LogP contribution in [0.4, 0.5) is 8.78 Å². The van der Waals surface area contributed by atoms with Crippen LogP contribution in [-0.2, 0) is 22.6 Å². The highest BCUT2D eigenvalue weighted by Crippen LogP contribution is 2.62. The lowest BCUT2D eigenvalue weighted by Gasteiger charge is -2.20. The van der Waals surface area contributed by atoms with Crippen molar-refractivity contribution in [1.29, 1.82) is 0 Å². The Hall–Kier alpha value is -2.02. The molecule has 0 N–H and O–H groups in total. The average Bonchev–Trinajstić information content (AvgIpc) is 3.18. The van der Waals surface area contributed by atoms with Crippen molar-refractivity contribution in [3.63, 3.8) is 0 Å². The molecule has 7 heteroatoms. The molecule has 0 spiro atoms. The Bertz CT molecular complexity index is 957. The van der Waals surface area contributed by atoms with Crippen LogP contribution in [0.5, 0.6) is 5.88 Å². The van der Waals surface area contributed by atoms with Gasteiger partial charge in [0.15, 0.2) is 0 Å². The summed E-state index contributed by atoms with van der Waals surface area (Å²) in [5.41, 5.74) is 1.91. The van der Waals surface area contributed by atoms with Crippen LogP contribution >= 0.6 is 15.9 Å². The second kappa shape index (κ2) is 6.79. The van der Waals surface area contributed by atoms with Crippen molar-refractivity contribution in [2.45, 2.75) is 45.3 Å². The summed E-state index contributed by atoms with van der Waals surface area (Å²) < 4.78 is 38.4. The lowest BCUT2D eigenvalue weighted by atomic mass is 10.0. The number of hydrogen-bond donors (Lipinski definition) is 0. The van der Waals surface area contributed by atoms with E-state index < -0.39 is 17.2 Å². The van der Waals surface area contributed by atoms with Gasteiger partial charge in [-0.3, -0.25) is 4.79 Å². The maximum Gasteiger partial charge on any atom is 0.310 e. The van der Waals surface area contributed by atoms with E-state index >= 15 is 0 Å². The number of rotatable bonds is 4. The van der Waals surface area contributed by atoms with Crippen LogP contribution in [0.1, 0.15) is 43.4 Å². The minimum absolute atomic E-state index is 0.0517. The Labute approximate surface area is 170 Å². The molecule has 0 aliphatic heterocycles. The molecule has 1 saturated carbocycles. The fourth-order valence-corrected chi connectivity index (χ4v) is 4.26. The van der Waals surface area contributed by atoms with Gasteiger partial charge in [0.05, 0.1) is 10.4 Å². The van der Waals surface area contributed by atoms with Gasteiger partial charge in [0.1, 0.15) is 23.8 Å². The van der Waals surface area contributed by atoms with E-state index in [-0.39, 0.29) is 40.4 Å². The molecule has 0 saturated heterocycles. The molecule has 148 valence electrons. The number of aromatic nitrogens is 1. The summed E-state index contributed by atoms with van der Waals surface area (Å²) in [5.74, 6) is -0.756. The van der Waals surface area contributed by atoms with Gasteiger partial charge in [-0.2, -0.15) is 0 Å². The van der Waals surface area contributed by atoms with Crippen molar-refractivity contribution in [3.05, 3.63) is 57.2 Å². The third-order valence-corrected chi connectivity index (χ3v) is 5.73. The fourth-order valence-electron chi connectivity index (χ4n) is 3.86. The number of halogens is 3. The second-order valence-electron chi connectivity index (χ2n) is 8.32. The Kier molecular flexibility index (Phi) is 4.68. The van der Waals surface area contributed by atoms with Gasteiger partial charge in [-0.15, -0.1) is 0 Å². The van der Waals surface area contributed by atoms with Crippen LogP contribution in [0.3, 0.4) is 0 Å². The Morgan fingerprint density at radius 1 is 1.25 bits per heavy atom. The molecule has 2 aliphatic rings. The third kappa shape index (κ3) is 3.64. The van der Waals surface area contributed by atoms with Crippen LogP contribution < -0.4 is 4.74 Å². The summed E-state index contributed by atoms with van der Waals surface area (Å²) in [6.45, 7) is 5.55. The van der Waals surface area contributed by atoms with Crippen LogP contribution in [-0.4, -0.2) is 16.6 Å². The predicted octanol–water partition coefficient (Wildman–Crippen LogP) is 4.93. The fraction of sp³-hybridized carbons (Fsp3) is 0.429. The largest absolute Gasteiger partial charge is 0.473 e. The third-order valence-electron chi connectivity index (χ3n) is 5.13. The molecule has 0 radical (unpaired) electrons. The number of carbonyl (C=O) groups excluding carboxylic acids is 1. The molecule has 1 fully saturated rings. The highest BCUT2D eigenvalue weighted by Gasteiger charge is 2.60. The van der Waals surface area contributed by atoms with Gasteiger partial charge in [-0.1, -0.05) is 0 Å². The number of benzene rings is 1. The number of esters is 1. The van der Waals surface area contributed by atoms with Crippen LogP contribution in [0.2, 0.25) is 0 Å². The van der Waals surface area contributed by atoms with Gasteiger partial charge in [0, 0.05) is 29.8 Å². The monoisotopic (exact) mass is 451 g/mol. The topological polar surface area (TPSA) is 48.4 Å². The van der Waals surface area contributed by atoms with E-state index in [1.165, 1.54) is 6.07 Å². The van der Waals surface area contributed by atoms with Crippen LogP contribution in [0.15, 0.2) is 28.9 Å². The molecule has 4 nitrogen and oxygen atoms in total. The number of carbonyl (C=O) groups is 1. The van der Waals surface area contributed by atoms with Crippen molar-refractivity contribution in [1.82, 2.24) is 4.98 Å². The SMILES string of the molecule is CC(C)(C)OC(=O)C1C2Cc3cc(OCc4cc(Br)c(F)cc4F)ncc3C21. The molecule has 2 aliphatic carbocycles. The van der Waals surface area contributed by atoms with E-state index in [0.717, 1.165) is 23.6 Å². The lowest BCUT2D eigenvalue weighted by Crippen LogP contribution is -2.26. The zero-order valence-electron chi connectivity index (χ0n) is 15.8. The van der Waals surface area contributed by atoms with E-state index in [4.69, 9.17) is 9.47 Å². The maximum atomic E-state index is 13.8. The summed E-state index contributed by atoms with van der Waals surface area (Å²) in [6, 6.07) is 4.02. The van der Waals surface area contributed by atoms with Crippen molar-refractivity contribution in [2.24, 2.45) is 11.8 Å². The van der Waals surface area contributed by atoms with Crippen molar-refractivity contribution in [3.8, 4) is 5.88 Å². The zero-order chi connectivity index (χ0) is 20.2. The maximum absolute atomic E-state index is 13.8. The Morgan fingerprint density at radius 3 is 2.71 bits per heavy atom. The summed E-state index contributed by atoms with van der Waals surface area (Å²) in [5, 5.41) is 0. The van der Waals surface area contributed by atoms with Gasteiger partial charge < -0.3 is 9.47 Å². The lowest BCUT2D eigenvalue weighted by molar-refractivity contribution is -0.157. The van der Waals surface area contributed by atoms with Crippen molar-refractivity contribution in [2.75, 3.05) is 0 Å². The highest BCUT2D eigenvalue weighted by atomic mass is 79.9. The number of fused-ring (bicyclic) bond motifs is 3. The normalized spacial score (nSPS) is 22.4. The number of hydrogen-bond acceptors (Lipinski definition) is 4. The summed E-state index contributed by atoms with van der Waals surface area (Å²) in [6.07, 6.45) is 2.51. The molecule has 0 bridgehead atoms. The molecule has 1 heterocycles. The van der Waals surface area contributed by atoms with Gasteiger partial charge in [0.25, 0.3) is 0 Å². The molecule has 28 heavy (non-hydrogen) atoms. The van der Waals surface area contributed by atoms with Crippen molar-refractivity contribution >= 4 is 21.9 Å². The van der Waals surface area contributed by atoms with Crippen molar-refractivity contribution < 1.29 is 23.0 Å². The van der Waals surface area contributed by atoms with Crippen LogP contribution in [0.25, 0.3) is 0 Å². The zero-order valence-corrected chi connectivity index (χ0v) is 17.3. The standard InChI is InChI=1S/C21H20BrF2NO3/c1-21(2,3)28-20(26)19-12-4-10-6-17(25-8-13(10)18(12)19)27-9-11-5-14(22)16(24)7-15(11)23/h5-8,12,18-19H,4,9H2,1-3H3. The van der Waals surface area contributed by atoms with Crippen LogP contribution in [0, 0.1) is 23.5 Å². The quantitative estimate of drug-likeness (QED) is 0.488. The molecular formula is C21H20BrF2NO3. The van der Waals surface area contributed by atoms with E-state index in [9.17, 15) is 13.6 Å². The molecule has 2 aromatic rings.